The molecule has 57 heavy (non-hydrogen) atoms. The molecule has 0 aromatic heterocycles. The zero-order valence-electron chi connectivity index (χ0n) is 34.0. The lowest BCUT2D eigenvalue weighted by Gasteiger charge is -2.30. The predicted octanol–water partition coefficient (Wildman–Crippen LogP) is 15.9. The van der Waals surface area contributed by atoms with E-state index in [1.54, 1.807) is 0 Å². The van der Waals surface area contributed by atoms with E-state index in [1.807, 2.05) is 0 Å². The fourth-order valence-electron chi connectivity index (χ4n) is 10.9. The second-order valence-electron chi connectivity index (χ2n) is 17.8. The molecule has 1 fully saturated rings. The third-order valence-electron chi connectivity index (χ3n) is 13.8. The van der Waals surface area contributed by atoms with Gasteiger partial charge in [-0.3, -0.25) is 0 Å². The molecule has 10 rings (SSSR count). The first-order chi connectivity index (χ1) is 27.8. The van der Waals surface area contributed by atoms with Crippen molar-refractivity contribution in [3.8, 4) is 44.5 Å². The van der Waals surface area contributed by atoms with Crippen LogP contribution in [0.4, 0.5) is 17.1 Å². The molecule has 1 saturated carbocycles. The largest absolute Gasteiger partial charge is 0.310 e. The third-order valence-corrected chi connectivity index (χ3v) is 13.8. The van der Waals surface area contributed by atoms with E-state index in [9.17, 15) is 0 Å². The Morgan fingerprint density at radius 3 is 1.77 bits per heavy atom. The van der Waals surface area contributed by atoms with Gasteiger partial charge in [-0.1, -0.05) is 187 Å². The van der Waals surface area contributed by atoms with E-state index >= 15 is 0 Å². The van der Waals surface area contributed by atoms with Crippen LogP contribution in [-0.2, 0) is 10.8 Å². The van der Waals surface area contributed by atoms with Crippen molar-refractivity contribution in [1.82, 2.24) is 0 Å². The van der Waals surface area contributed by atoms with E-state index in [0.717, 1.165) is 0 Å². The summed E-state index contributed by atoms with van der Waals surface area (Å²) in [6, 6.07) is 59.7. The zero-order chi connectivity index (χ0) is 38.7. The number of para-hydroxylation sites is 1. The Morgan fingerprint density at radius 2 is 1.00 bits per heavy atom. The fourth-order valence-corrected chi connectivity index (χ4v) is 10.9. The van der Waals surface area contributed by atoms with Crippen molar-refractivity contribution in [2.75, 3.05) is 4.90 Å². The SMILES string of the molecule is CC1(C)c2cc(N(c3ccc(C4CCCCCCC4)cc3)c3ccccc3-c3ccccc3)ccc2-c2c(-c3cccc4c3C(C)(C)c3ccccc3-4)cccc21. The Hall–Kier alpha value is -5.66. The van der Waals surface area contributed by atoms with Crippen LogP contribution in [0.1, 0.15) is 106 Å². The highest BCUT2D eigenvalue weighted by molar-refractivity contribution is 5.98. The molecule has 7 aromatic carbocycles. The standard InChI is InChI=1S/C56H53N/c1-55(2)50-29-18-25-45(47-27-17-26-46-44-24-13-15-28-49(44)56(3,4)54(46)47)53(50)48-36-35-42(37-51(48)55)57(52-30-16-14-23-43(52)40-21-11-8-12-22-40)41-33-31-39(32-34-41)38-19-9-6-5-7-10-20-38/h8,11-18,21-38H,5-7,9-10,19-20H2,1-4H3. The maximum Gasteiger partial charge on any atom is 0.0540 e. The average molecular weight is 740 g/mol. The highest BCUT2D eigenvalue weighted by Crippen LogP contribution is 2.57. The van der Waals surface area contributed by atoms with E-state index in [4.69, 9.17) is 0 Å². The Morgan fingerprint density at radius 1 is 0.421 bits per heavy atom. The first-order valence-electron chi connectivity index (χ1n) is 21.4. The first kappa shape index (κ1) is 35.7. The Kier molecular flexibility index (Phi) is 8.82. The first-order valence-corrected chi connectivity index (χ1v) is 21.4. The van der Waals surface area contributed by atoms with Gasteiger partial charge in [-0.15, -0.1) is 0 Å². The van der Waals surface area contributed by atoms with E-state index in [2.05, 4.69) is 190 Å². The van der Waals surface area contributed by atoms with Gasteiger partial charge in [0.15, 0.2) is 0 Å². The number of hydrogen-bond acceptors (Lipinski definition) is 1. The van der Waals surface area contributed by atoms with Gasteiger partial charge in [0.1, 0.15) is 0 Å². The van der Waals surface area contributed by atoms with Gasteiger partial charge in [-0.05, 0) is 116 Å². The summed E-state index contributed by atoms with van der Waals surface area (Å²) in [7, 11) is 0. The summed E-state index contributed by atoms with van der Waals surface area (Å²) < 4.78 is 0. The molecule has 0 aliphatic heterocycles. The van der Waals surface area contributed by atoms with Crippen molar-refractivity contribution in [3.05, 3.63) is 186 Å². The maximum absolute atomic E-state index is 2.51. The van der Waals surface area contributed by atoms with Crippen molar-refractivity contribution in [2.24, 2.45) is 0 Å². The number of anilines is 3. The summed E-state index contributed by atoms with van der Waals surface area (Å²) in [5.41, 5.74) is 21.0. The lowest BCUT2D eigenvalue weighted by atomic mass is 9.77. The molecule has 0 unspecified atom stereocenters. The smallest absolute Gasteiger partial charge is 0.0540 e. The molecular weight excluding hydrogens is 687 g/mol. The van der Waals surface area contributed by atoms with Crippen LogP contribution < -0.4 is 4.90 Å². The van der Waals surface area contributed by atoms with E-state index < -0.39 is 0 Å². The molecule has 0 saturated heterocycles. The summed E-state index contributed by atoms with van der Waals surface area (Å²) in [4.78, 5) is 2.51. The van der Waals surface area contributed by atoms with E-state index in [-0.39, 0.29) is 10.8 Å². The van der Waals surface area contributed by atoms with Crippen LogP contribution in [-0.4, -0.2) is 0 Å². The lowest BCUT2D eigenvalue weighted by molar-refractivity contribution is 0.455. The van der Waals surface area contributed by atoms with Gasteiger partial charge in [0.05, 0.1) is 5.69 Å². The molecule has 0 radical (unpaired) electrons. The molecule has 0 N–H and O–H groups in total. The van der Waals surface area contributed by atoms with Gasteiger partial charge in [0.25, 0.3) is 0 Å². The van der Waals surface area contributed by atoms with Gasteiger partial charge >= 0.3 is 0 Å². The quantitative estimate of drug-likeness (QED) is 0.164. The molecule has 0 amide bonds. The predicted molar refractivity (Wildman–Crippen MR) is 242 cm³/mol. The number of hydrogen-bond donors (Lipinski definition) is 0. The van der Waals surface area contributed by atoms with Gasteiger partial charge in [-0.2, -0.15) is 0 Å². The van der Waals surface area contributed by atoms with Crippen LogP contribution in [0.2, 0.25) is 0 Å². The van der Waals surface area contributed by atoms with Crippen LogP contribution in [0.15, 0.2) is 158 Å². The van der Waals surface area contributed by atoms with Crippen LogP contribution in [0.5, 0.6) is 0 Å². The summed E-state index contributed by atoms with van der Waals surface area (Å²) in [6.07, 6.45) is 9.44. The highest BCUT2D eigenvalue weighted by Gasteiger charge is 2.41. The van der Waals surface area contributed by atoms with Crippen LogP contribution in [0.25, 0.3) is 44.5 Å². The van der Waals surface area contributed by atoms with Crippen LogP contribution in [0, 0.1) is 0 Å². The van der Waals surface area contributed by atoms with Crippen molar-refractivity contribution in [1.29, 1.82) is 0 Å². The van der Waals surface area contributed by atoms with Gasteiger partial charge in [0, 0.05) is 27.8 Å². The lowest BCUT2D eigenvalue weighted by Crippen LogP contribution is -2.17. The molecule has 3 aliphatic rings. The monoisotopic (exact) mass is 739 g/mol. The topological polar surface area (TPSA) is 3.24 Å². The Balaban J connectivity index is 1.12. The summed E-state index contributed by atoms with van der Waals surface area (Å²) in [5, 5.41) is 0. The third kappa shape index (κ3) is 5.89. The summed E-state index contributed by atoms with van der Waals surface area (Å²) in [5.74, 6) is 0.656. The van der Waals surface area contributed by atoms with Gasteiger partial charge < -0.3 is 4.90 Å². The summed E-state index contributed by atoms with van der Waals surface area (Å²) >= 11 is 0. The molecule has 3 aliphatic carbocycles. The molecule has 0 atom stereocenters. The number of fused-ring (bicyclic) bond motifs is 6. The van der Waals surface area contributed by atoms with E-state index in [0.29, 0.717) is 5.92 Å². The second-order valence-corrected chi connectivity index (χ2v) is 17.8. The normalized spacial score (nSPS) is 16.5. The molecule has 0 spiro atoms. The highest BCUT2D eigenvalue weighted by atomic mass is 15.1. The van der Waals surface area contributed by atoms with Crippen molar-refractivity contribution in [3.63, 3.8) is 0 Å². The van der Waals surface area contributed by atoms with Gasteiger partial charge in [0.2, 0.25) is 0 Å². The summed E-state index contributed by atoms with van der Waals surface area (Å²) in [6.45, 7) is 9.65. The molecular formula is C56H53N. The maximum atomic E-state index is 2.51. The molecule has 7 aromatic rings. The average Bonchev–Trinajstić information content (AvgIpc) is 3.61. The van der Waals surface area contributed by atoms with E-state index in [1.165, 1.54) is 134 Å². The Labute approximate surface area is 340 Å². The minimum Gasteiger partial charge on any atom is -0.310 e. The molecule has 1 heteroatoms. The number of rotatable bonds is 6. The van der Waals surface area contributed by atoms with Crippen LogP contribution >= 0.6 is 0 Å². The number of benzene rings is 7. The zero-order valence-corrected chi connectivity index (χ0v) is 34.0. The van der Waals surface area contributed by atoms with Crippen molar-refractivity contribution in [2.45, 2.75) is 89.4 Å². The van der Waals surface area contributed by atoms with Gasteiger partial charge in [-0.25, -0.2) is 0 Å². The van der Waals surface area contributed by atoms with Crippen molar-refractivity contribution >= 4 is 17.1 Å². The fraction of sp³-hybridized carbons (Fsp3) is 0.250. The second kappa shape index (κ2) is 14.1. The minimum atomic E-state index is -0.181. The minimum absolute atomic E-state index is 0.0935. The number of nitrogens with zero attached hydrogens (tertiary/aromatic N) is 1. The molecule has 282 valence electrons. The molecule has 1 nitrogen and oxygen atoms in total. The Bertz CT molecular complexity index is 2600. The molecule has 0 bridgehead atoms. The van der Waals surface area contributed by atoms with Crippen LogP contribution in [0.3, 0.4) is 0 Å². The van der Waals surface area contributed by atoms with Crippen molar-refractivity contribution < 1.29 is 0 Å². The molecule has 0 heterocycles.